The predicted octanol–water partition coefficient (Wildman–Crippen LogP) is 8.88. The number of hydrogen-bond donors (Lipinski definition) is 4. The van der Waals surface area contributed by atoms with E-state index in [-0.39, 0.29) is 17.0 Å². The summed E-state index contributed by atoms with van der Waals surface area (Å²) in [5.74, 6) is 0.755. The van der Waals surface area contributed by atoms with E-state index < -0.39 is 0 Å². The summed E-state index contributed by atoms with van der Waals surface area (Å²) in [5.41, 5.74) is 4.67. The van der Waals surface area contributed by atoms with E-state index in [1.54, 1.807) is 42.5 Å². The number of rotatable bonds is 10. The third-order valence-corrected chi connectivity index (χ3v) is 7.93. The number of aromatic nitrogens is 4. The second-order valence-corrected chi connectivity index (χ2v) is 11.9. The molecule has 0 fully saturated rings. The Balaban J connectivity index is 0.000000194. The topological polar surface area (TPSA) is 134 Å². The number of halogens is 2. The van der Waals surface area contributed by atoms with Gasteiger partial charge < -0.3 is 21.3 Å². The third kappa shape index (κ3) is 8.79. The van der Waals surface area contributed by atoms with Crippen molar-refractivity contribution < 1.29 is 9.59 Å². The lowest BCUT2D eigenvalue weighted by Gasteiger charge is -2.10. The fraction of sp³-hybridized carbons (Fsp3) is 0.105. The maximum absolute atomic E-state index is 12.6. The molecular weight excluding hydrogens is 671 g/mol. The quantitative estimate of drug-likeness (QED) is 0.104. The van der Waals surface area contributed by atoms with E-state index in [1.807, 2.05) is 68.4 Å². The summed E-state index contributed by atoms with van der Waals surface area (Å²) in [6.07, 6.45) is 3.45. The first-order valence-corrected chi connectivity index (χ1v) is 16.3. The molecule has 12 heteroatoms. The summed E-state index contributed by atoms with van der Waals surface area (Å²) >= 11 is 12.3. The van der Waals surface area contributed by atoms with Gasteiger partial charge in [0.15, 0.2) is 21.9 Å². The van der Waals surface area contributed by atoms with E-state index in [1.165, 1.54) is 0 Å². The number of aryl methyl sites for hydroxylation is 2. The smallest absolute Gasteiger partial charge is 0.255 e. The highest BCUT2D eigenvalue weighted by atomic mass is 35.5. The molecule has 4 aromatic carbocycles. The van der Waals surface area contributed by atoms with Crippen LogP contribution < -0.4 is 21.3 Å². The number of amides is 2. The molecule has 0 saturated heterocycles. The molecule has 0 spiro atoms. The van der Waals surface area contributed by atoms with Gasteiger partial charge >= 0.3 is 0 Å². The van der Waals surface area contributed by atoms with Crippen LogP contribution in [-0.4, -0.2) is 45.3 Å². The average molecular weight is 706 g/mol. The molecular formula is C38H34Cl2N8O2. The van der Waals surface area contributed by atoms with Gasteiger partial charge in [-0.15, -0.1) is 33.6 Å². The van der Waals surface area contributed by atoms with Crippen LogP contribution in [-0.2, 0) is 0 Å². The lowest BCUT2D eigenvalue weighted by Crippen LogP contribution is -2.12. The largest absolute Gasteiger partial charge is 0.365 e. The highest BCUT2D eigenvalue weighted by Crippen LogP contribution is 2.29. The van der Waals surface area contributed by atoms with Crippen LogP contribution in [0.25, 0.3) is 21.5 Å². The van der Waals surface area contributed by atoms with Crippen LogP contribution in [0.3, 0.4) is 0 Å². The van der Waals surface area contributed by atoms with Crippen molar-refractivity contribution in [3.63, 3.8) is 0 Å². The first-order valence-electron chi connectivity index (χ1n) is 15.5. The van der Waals surface area contributed by atoms with Crippen molar-refractivity contribution in [2.75, 3.05) is 34.4 Å². The number of anilines is 4. The molecule has 0 bridgehead atoms. The molecule has 2 aromatic heterocycles. The van der Waals surface area contributed by atoms with Gasteiger partial charge in [0.2, 0.25) is 0 Å². The summed E-state index contributed by atoms with van der Waals surface area (Å²) in [4.78, 5) is 25.1. The van der Waals surface area contributed by atoms with Crippen molar-refractivity contribution >= 4 is 79.6 Å². The highest BCUT2D eigenvalue weighted by molar-refractivity contribution is 6.35. The SMILES string of the molecule is C=CCNc1nnc(Cl)c2cc(C(=O)Nc3cccc(C)c3)ccc12.C=CCNc1nnc(Cl)c2ccc(C(=O)Nc3cccc(C)c3)cc12. The lowest BCUT2D eigenvalue weighted by atomic mass is 10.1. The molecule has 2 amide bonds. The molecule has 2 heterocycles. The second-order valence-electron chi connectivity index (χ2n) is 11.2. The Morgan fingerprint density at radius 1 is 0.600 bits per heavy atom. The van der Waals surface area contributed by atoms with Crippen LogP contribution >= 0.6 is 23.2 Å². The maximum atomic E-state index is 12.6. The van der Waals surface area contributed by atoms with Crippen molar-refractivity contribution in [3.05, 3.63) is 143 Å². The molecule has 0 aliphatic heterocycles. The number of fused-ring (bicyclic) bond motifs is 2. The van der Waals surface area contributed by atoms with E-state index in [4.69, 9.17) is 23.2 Å². The van der Waals surface area contributed by atoms with Crippen molar-refractivity contribution in [1.29, 1.82) is 0 Å². The van der Waals surface area contributed by atoms with Crippen molar-refractivity contribution in [1.82, 2.24) is 20.4 Å². The van der Waals surface area contributed by atoms with Crippen molar-refractivity contribution in [2.24, 2.45) is 0 Å². The second kappa shape index (κ2) is 16.5. The first kappa shape index (κ1) is 35.5. The van der Waals surface area contributed by atoms with Crippen molar-refractivity contribution in [3.8, 4) is 0 Å². The number of carbonyl (C=O) groups excluding carboxylic acids is 2. The predicted molar refractivity (Wildman–Crippen MR) is 205 cm³/mol. The number of carbonyl (C=O) groups is 2. The van der Waals surface area contributed by atoms with Crippen LogP contribution in [0.5, 0.6) is 0 Å². The average Bonchev–Trinajstić information content (AvgIpc) is 3.11. The molecule has 6 aromatic rings. The molecule has 0 unspecified atom stereocenters. The van der Waals surface area contributed by atoms with Crippen LogP contribution in [0.1, 0.15) is 31.8 Å². The summed E-state index contributed by atoms with van der Waals surface area (Å²) in [5, 5.41) is 31.5. The summed E-state index contributed by atoms with van der Waals surface area (Å²) in [7, 11) is 0. The molecule has 10 nitrogen and oxygen atoms in total. The summed E-state index contributed by atoms with van der Waals surface area (Å²) in [6.45, 7) is 12.4. The molecule has 6 rings (SSSR count). The summed E-state index contributed by atoms with van der Waals surface area (Å²) in [6, 6.07) is 25.8. The van der Waals surface area contributed by atoms with E-state index in [2.05, 4.69) is 54.8 Å². The standard InChI is InChI=1S/2C19H17ClN4O/c1-3-9-21-18-15-8-7-13(11-16(15)17(20)23-24-18)19(25)22-14-6-4-5-12(2)10-14;1-3-9-21-18-16-11-13(7-8-15(16)17(20)23-24-18)19(25)22-14-6-4-5-12(2)10-14/h2*3-8,10-11H,1,9H2,2H3,(H,21,24)(H,22,25). The molecule has 0 saturated carbocycles. The molecule has 4 N–H and O–H groups in total. The van der Waals surface area contributed by atoms with Gasteiger partial charge in [0, 0.05) is 57.1 Å². The zero-order valence-electron chi connectivity index (χ0n) is 27.4. The third-order valence-electron chi connectivity index (χ3n) is 7.37. The molecule has 50 heavy (non-hydrogen) atoms. The number of hydrogen-bond acceptors (Lipinski definition) is 8. The van der Waals surface area contributed by atoms with Crippen LogP contribution in [0.4, 0.5) is 23.0 Å². The van der Waals surface area contributed by atoms with Crippen LogP contribution in [0, 0.1) is 13.8 Å². The minimum atomic E-state index is -0.207. The van der Waals surface area contributed by atoms with E-state index in [0.717, 1.165) is 38.7 Å². The fourth-order valence-corrected chi connectivity index (χ4v) is 5.37. The molecule has 0 aliphatic carbocycles. The normalized spacial score (nSPS) is 10.5. The summed E-state index contributed by atoms with van der Waals surface area (Å²) < 4.78 is 0. The van der Waals surface area contributed by atoms with Gasteiger partial charge in [-0.25, -0.2) is 0 Å². The molecule has 0 atom stereocenters. The minimum absolute atomic E-state index is 0.199. The minimum Gasteiger partial charge on any atom is -0.365 e. The monoisotopic (exact) mass is 704 g/mol. The van der Waals surface area contributed by atoms with Gasteiger partial charge in [0.1, 0.15) is 0 Å². The van der Waals surface area contributed by atoms with E-state index in [9.17, 15) is 9.59 Å². The number of benzene rings is 4. The van der Waals surface area contributed by atoms with Gasteiger partial charge in [-0.2, -0.15) is 0 Å². The zero-order valence-corrected chi connectivity index (χ0v) is 28.9. The van der Waals surface area contributed by atoms with Gasteiger partial charge in [0.25, 0.3) is 11.8 Å². The highest BCUT2D eigenvalue weighted by Gasteiger charge is 2.14. The Labute approximate surface area is 299 Å². The number of nitrogens with zero attached hydrogens (tertiary/aromatic N) is 4. The van der Waals surface area contributed by atoms with Crippen LogP contribution in [0.2, 0.25) is 10.3 Å². The van der Waals surface area contributed by atoms with Gasteiger partial charge in [-0.05, 0) is 79.6 Å². The number of nitrogens with one attached hydrogen (secondary N) is 4. The Morgan fingerprint density at radius 3 is 1.56 bits per heavy atom. The Kier molecular flexibility index (Phi) is 11.7. The molecule has 0 radical (unpaired) electrons. The van der Waals surface area contributed by atoms with Crippen molar-refractivity contribution in [2.45, 2.75) is 13.8 Å². The van der Waals surface area contributed by atoms with Gasteiger partial charge in [0.05, 0.1) is 0 Å². The Hall–Kier alpha value is -5.84. The van der Waals surface area contributed by atoms with Crippen LogP contribution in [0.15, 0.2) is 110 Å². The molecule has 252 valence electrons. The maximum Gasteiger partial charge on any atom is 0.255 e. The fourth-order valence-electron chi connectivity index (χ4n) is 4.98. The molecule has 0 aliphatic rings. The Bertz CT molecular complexity index is 2220. The zero-order chi connectivity index (χ0) is 35.6. The van der Waals surface area contributed by atoms with Gasteiger partial charge in [-0.3, -0.25) is 9.59 Å². The van der Waals surface area contributed by atoms with E-state index in [0.29, 0.717) is 46.4 Å². The lowest BCUT2D eigenvalue weighted by molar-refractivity contribution is 0.101. The Morgan fingerprint density at radius 2 is 1.06 bits per heavy atom. The van der Waals surface area contributed by atoms with Gasteiger partial charge in [-0.1, -0.05) is 65.7 Å². The first-order chi connectivity index (χ1) is 24.2. The van der Waals surface area contributed by atoms with E-state index >= 15 is 0 Å².